The molecule has 7 heteroatoms. The highest BCUT2D eigenvalue weighted by Gasteiger charge is 2.11. The standard InChI is InChI=1S/C14H20N6O/c1-4-16-12-18-13(20-14(19-12)21-5-2)17-10(3)11-7-6-8-15-9-11/h6-10H,4-5H2,1-3H3,(H2,16,17,18,19,20). The molecule has 0 radical (unpaired) electrons. The fraction of sp³-hybridized carbons (Fsp3) is 0.429. The Morgan fingerprint density at radius 1 is 1.19 bits per heavy atom. The molecule has 1 atom stereocenters. The minimum absolute atomic E-state index is 0.0325. The van der Waals surface area contributed by atoms with Gasteiger partial charge in [0.15, 0.2) is 0 Å². The van der Waals surface area contributed by atoms with Crippen molar-refractivity contribution in [1.82, 2.24) is 19.9 Å². The van der Waals surface area contributed by atoms with Gasteiger partial charge in [-0.3, -0.25) is 4.98 Å². The minimum Gasteiger partial charge on any atom is -0.464 e. The van der Waals surface area contributed by atoms with E-state index in [9.17, 15) is 0 Å². The summed E-state index contributed by atoms with van der Waals surface area (Å²) in [6.45, 7) is 7.13. The lowest BCUT2D eigenvalue weighted by atomic mass is 10.1. The molecule has 0 aliphatic rings. The third-order valence-corrected chi connectivity index (χ3v) is 2.75. The summed E-state index contributed by atoms with van der Waals surface area (Å²) in [5.41, 5.74) is 1.06. The Balaban J connectivity index is 2.18. The van der Waals surface area contributed by atoms with Gasteiger partial charge in [0.25, 0.3) is 0 Å². The number of nitrogens with zero attached hydrogens (tertiary/aromatic N) is 4. The quantitative estimate of drug-likeness (QED) is 0.808. The van der Waals surface area contributed by atoms with Crippen molar-refractivity contribution in [3.05, 3.63) is 30.1 Å². The molecule has 0 saturated heterocycles. The second-order valence-electron chi connectivity index (χ2n) is 4.38. The smallest absolute Gasteiger partial charge is 0.323 e. The third-order valence-electron chi connectivity index (χ3n) is 2.75. The number of hydrogen-bond acceptors (Lipinski definition) is 7. The molecule has 2 aromatic rings. The Labute approximate surface area is 124 Å². The van der Waals surface area contributed by atoms with Crippen molar-refractivity contribution in [1.29, 1.82) is 0 Å². The first kappa shape index (κ1) is 15.0. The van der Waals surface area contributed by atoms with Crippen molar-refractivity contribution in [3.63, 3.8) is 0 Å². The predicted octanol–water partition coefficient (Wildman–Crippen LogP) is 2.27. The molecule has 0 aliphatic heterocycles. The van der Waals surface area contributed by atoms with E-state index in [-0.39, 0.29) is 6.04 Å². The SMILES string of the molecule is CCNc1nc(NC(C)c2cccnc2)nc(OCC)n1. The van der Waals surface area contributed by atoms with E-state index in [1.165, 1.54) is 0 Å². The van der Waals surface area contributed by atoms with E-state index < -0.39 is 0 Å². The van der Waals surface area contributed by atoms with Crippen LogP contribution in [0.4, 0.5) is 11.9 Å². The van der Waals surface area contributed by atoms with Gasteiger partial charge in [0.05, 0.1) is 12.6 Å². The lowest BCUT2D eigenvalue weighted by Gasteiger charge is -2.15. The Hall–Kier alpha value is -2.44. The van der Waals surface area contributed by atoms with Crippen LogP contribution in [0.25, 0.3) is 0 Å². The van der Waals surface area contributed by atoms with Crippen molar-refractivity contribution in [2.75, 3.05) is 23.8 Å². The highest BCUT2D eigenvalue weighted by atomic mass is 16.5. The molecule has 2 N–H and O–H groups in total. The van der Waals surface area contributed by atoms with Crippen molar-refractivity contribution >= 4 is 11.9 Å². The summed E-state index contributed by atoms with van der Waals surface area (Å²) in [5, 5.41) is 6.30. The molecule has 0 bridgehead atoms. The van der Waals surface area contributed by atoms with Crippen LogP contribution < -0.4 is 15.4 Å². The largest absolute Gasteiger partial charge is 0.464 e. The summed E-state index contributed by atoms with van der Waals surface area (Å²) in [6, 6.07) is 4.24. The van der Waals surface area contributed by atoms with E-state index in [0.29, 0.717) is 24.5 Å². The molecule has 0 fully saturated rings. The van der Waals surface area contributed by atoms with E-state index in [1.807, 2.05) is 39.1 Å². The van der Waals surface area contributed by atoms with Gasteiger partial charge in [-0.2, -0.15) is 15.0 Å². The fourth-order valence-corrected chi connectivity index (χ4v) is 1.76. The van der Waals surface area contributed by atoms with Crippen LogP contribution in [0.1, 0.15) is 32.4 Å². The van der Waals surface area contributed by atoms with Gasteiger partial charge in [0, 0.05) is 18.9 Å². The summed E-state index contributed by atoms with van der Waals surface area (Å²) < 4.78 is 5.37. The molecule has 0 aromatic carbocycles. The molecule has 1 unspecified atom stereocenters. The Kier molecular flexibility index (Phi) is 5.25. The molecular weight excluding hydrogens is 268 g/mol. The van der Waals surface area contributed by atoms with Crippen LogP contribution in [0.15, 0.2) is 24.5 Å². The Morgan fingerprint density at radius 2 is 2.00 bits per heavy atom. The second kappa shape index (κ2) is 7.37. The van der Waals surface area contributed by atoms with Gasteiger partial charge >= 0.3 is 6.01 Å². The Bertz CT molecular complexity index is 538. The van der Waals surface area contributed by atoms with Crippen molar-refractivity contribution in [2.45, 2.75) is 26.8 Å². The zero-order chi connectivity index (χ0) is 15.1. The number of aromatic nitrogens is 4. The van der Waals surface area contributed by atoms with Gasteiger partial charge in [-0.25, -0.2) is 0 Å². The first-order chi connectivity index (χ1) is 10.2. The second-order valence-corrected chi connectivity index (χ2v) is 4.38. The number of hydrogen-bond donors (Lipinski definition) is 2. The number of anilines is 2. The van der Waals surface area contributed by atoms with Crippen LogP contribution in [0.2, 0.25) is 0 Å². The lowest BCUT2D eigenvalue weighted by molar-refractivity contribution is 0.312. The predicted molar refractivity (Wildman–Crippen MR) is 81.4 cm³/mol. The third kappa shape index (κ3) is 4.27. The average molecular weight is 288 g/mol. The van der Waals surface area contributed by atoms with Gasteiger partial charge in [-0.15, -0.1) is 0 Å². The number of pyridine rings is 1. The van der Waals surface area contributed by atoms with Gasteiger partial charge < -0.3 is 15.4 Å². The molecule has 2 aromatic heterocycles. The maximum Gasteiger partial charge on any atom is 0.323 e. The zero-order valence-corrected chi connectivity index (χ0v) is 12.5. The van der Waals surface area contributed by atoms with E-state index >= 15 is 0 Å². The Morgan fingerprint density at radius 3 is 2.67 bits per heavy atom. The van der Waals surface area contributed by atoms with Crippen molar-refractivity contribution in [2.24, 2.45) is 0 Å². The monoisotopic (exact) mass is 288 g/mol. The van der Waals surface area contributed by atoms with Gasteiger partial charge in [-0.1, -0.05) is 6.07 Å². The molecule has 0 amide bonds. The minimum atomic E-state index is 0.0325. The van der Waals surface area contributed by atoms with Crippen LogP contribution >= 0.6 is 0 Å². The molecule has 21 heavy (non-hydrogen) atoms. The molecule has 0 saturated carbocycles. The van der Waals surface area contributed by atoms with E-state index in [4.69, 9.17) is 4.74 Å². The summed E-state index contributed by atoms with van der Waals surface area (Å²) >= 11 is 0. The maximum absolute atomic E-state index is 5.37. The number of rotatable bonds is 7. The summed E-state index contributed by atoms with van der Waals surface area (Å²) in [6.07, 6.45) is 3.56. The van der Waals surface area contributed by atoms with Crippen molar-refractivity contribution < 1.29 is 4.74 Å². The van der Waals surface area contributed by atoms with Gasteiger partial charge in [0.1, 0.15) is 0 Å². The lowest BCUT2D eigenvalue weighted by Crippen LogP contribution is -2.13. The normalized spacial score (nSPS) is 11.8. The van der Waals surface area contributed by atoms with Crippen LogP contribution in [-0.2, 0) is 0 Å². The maximum atomic E-state index is 5.37. The topological polar surface area (TPSA) is 84.9 Å². The summed E-state index contributed by atoms with van der Waals surface area (Å²) in [4.78, 5) is 16.9. The zero-order valence-electron chi connectivity index (χ0n) is 12.5. The first-order valence-electron chi connectivity index (χ1n) is 7.02. The van der Waals surface area contributed by atoms with Crippen LogP contribution in [-0.4, -0.2) is 33.1 Å². The molecule has 2 heterocycles. The van der Waals surface area contributed by atoms with Gasteiger partial charge in [-0.05, 0) is 32.4 Å². The summed E-state index contributed by atoms with van der Waals surface area (Å²) in [7, 11) is 0. The van der Waals surface area contributed by atoms with Crippen molar-refractivity contribution in [3.8, 4) is 6.01 Å². The fourth-order valence-electron chi connectivity index (χ4n) is 1.76. The van der Waals surface area contributed by atoms with Crippen LogP contribution in [0.3, 0.4) is 0 Å². The molecule has 0 aliphatic carbocycles. The molecule has 2 rings (SSSR count). The van der Waals surface area contributed by atoms with Gasteiger partial charge in [0.2, 0.25) is 11.9 Å². The van der Waals surface area contributed by atoms with Crippen LogP contribution in [0.5, 0.6) is 6.01 Å². The van der Waals surface area contributed by atoms with E-state index in [2.05, 4.69) is 30.6 Å². The summed E-state index contributed by atoms with van der Waals surface area (Å²) in [5.74, 6) is 0.970. The molecular formula is C14H20N6O. The molecule has 0 spiro atoms. The number of ether oxygens (including phenoxy) is 1. The van der Waals surface area contributed by atoms with E-state index in [1.54, 1.807) is 6.20 Å². The molecule has 7 nitrogen and oxygen atoms in total. The highest BCUT2D eigenvalue weighted by molar-refractivity contribution is 5.38. The van der Waals surface area contributed by atoms with E-state index in [0.717, 1.165) is 12.1 Å². The first-order valence-corrected chi connectivity index (χ1v) is 7.02. The average Bonchev–Trinajstić information content (AvgIpc) is 2.48. The van der Waals surface area contributed by atoms with Crippen LogP contribution in [0, 0.1) is 0 Å². The molecule has 112 valence electrons. The number of nitrogens with one attached hydrogen (secondary N) is 2. The highest BCUT2D eigenvalue weighted by Crippen LogP contribution is 2.18.